The Morgan fingerprint density at radius 1 is 0.600 bits per heavy atom. The maximum absolute atomic E-state index is 12.8. The van der Waals surface area contributed by atoms with Crippen molar-refractivity contribution in [1.29, 1.82) is 0 Å². The van der Waals surface area contributed by atoms with Gasteiger partial charge < -0.3 is 39.9 Å². The van der Waals surface area contributed by atoms with Gasteiger partial charge in [-0.3, -0.25) is 13.8 Å². The van der Waals surface area contributed by atoms with Gasteiger partial charge in [-0.25, -0.2) is 4.57 Å². The summed E-state index contributed by atoms with van der Waals surface area (Å²) in [4.78, 5) is 23.1. The molecule has 13 heteroatoms. The van der Waals surface area contributed by atoms with Crippen LogP contribution in [0.1, 0.15) is 149 Å². The zero-order valence-corrected chi connectivity index (χ0v) is 34.6. The topological polar surface area (TPSA) is 192 Å². The van der Waals surface area contributed by atoms with Crippen LogP contribution in [-0.4, -0.2) is 98.9 Å². The van der Waals surface area contributed by atoms with E-state index in [2.05, 4.69) is 62.5 Å². The van der Waals surface area contributed by atoms with Gasteiger partial charge in [0.1, 0.15) is 42.7 Å². The first-order chi connectivity index (χ1) is 26.5. The van der Waals surface area contributed by atoms with Crippen molar-refractivity contribution in [2.45, 2.75) is 191 Å². The normalized spacial score (nSPS) is 23.7. The molecule has 6 N–H and O–H groups in total. The summed E-state index contributed by atoms with van der Waals surface area (Å²) < 4.78 is 34.0. The lowest BCUT2D eigenvalue weighted by atomic mass is 9.85. The first-order valence-electron chi connectivity index (χ1n) is 21.0. The molecular weight excluding hydrogens is 727 g/mol. The molecule has 1 rings (SSSR count). The van der Waals surface area contributed by atoms with Crippen LogP contribution in [-0.2, 0) is 27.9 Å². The fourth-order valence-electron chi connectivity index (χ4n) is 6.12. The number of unbranched alkanes of at least 4 members (excludes halogenated alkanes) is 14. The van der Waals surface area contributed by atoms with E-state index in [0.29, 0.717) is 19.4 Å². The number of aliphatic hydroxyl groups is 5. The molecule has 1 aliphatic rings. The molecule has 0 heterocycles. The summed E-state index contributed by atoms with van der Waals surface area (Å²) in [5.74, 6) is -0.497. The van der Waals surface area contributed by atoms with Crippen molar-refractivity contribution < 1.29 is 58.3 Å². The highest BCUT2D eigenvalue weighted by Gasteiger charge is 2.51. The minimum absolute atomic E-state index is 0.114. The van der Waals surface area contributed by atoms with E-state index in [9.17, 15) is 39.8 Å². The first kappa shape index (κ1) is 51.3. The molecule has 12 nitrogen and oxygen atoms in total. The molecule has 0 radical (unpaired) electrons. The molecule has 320 valence electrons. The standard InChI is InChI=1S/C42H75O12P/c1-3-5-7-9-11-13-15-17-19-21-23-25-27-29-31-36(43)53-35(33-51-32-30-28-26-24-22-20-18-16-14-12-10-8-6-4-2)34-52-55(49,50)54-42-40(47)38(45)37(44)39(46)41(42)48/h6,8,12,14,18,20,24,26,35,37-42,44-48H,3-5,7,9-11,13,15-17,19,21-23,25,27-34H2,1-2H3,(H,49,50)/b8-6-,14-12-,20-18-,26-24-. The number of carbonyl (C=O) groups is 1. The van der Waals surface area contributed by atoms with Crippen LogP contribution < -0.4 is 0 Å². The van der Waals surface area contributed by atoms with Gasteiger partial charge in [-0.2, -0.15) is 0 Å². The van der Waals surface area contributed by atoms with Crippen molar-refractivity contribution in [3.8, 4) is 0 Å². The molecule has 0 aromatic carbocycles. The Hall–Kier alpha value is -1.70. The van der Waals surface area contributed by atoms with E-state index in [1.165, 1.54) is 64.2 Å². The monoisotopic (exact) mass is 802 g/mol. The zero-order valence-electron chi connectivity index (χ0n) is 33.7. The molecule has 1 saturated carbocycles. The van der Waals surface area contributed by atoms with E-state index < -0.39 is 63.1 Å². The van der Waals surface area contributed by atoms with Crippen molar-refractivity contribution in [3.63, 3.8) is 0 Å². The van der Waals surface area contributed by atoms with E-state index in [-0.39, 0.29) is 13.0 Å². The molecular formula is C42H75O12P. The highest BCUT2D eigenvalue weighted by Crippen LogP contribution is 2.47. The van der Waals surface area contributed by atoms with Gasteiger partial charge in [0.25, 0.3) is 0 Å². The van der Waals surface area contributed by atoms with Gasteiger partial charge in [0.2, 0.25) is 0 Å². The molecule has 0 aliphatic heterocycles. The molecule has 0 saturated heterocycles. The number of carbonyl (C=O) groups excluding carboxylic acids is 1. The number of hydrogen-bond acceptors (Lipinski definition) is 11. The van der Waals surface area contributed by atoms with Gasteiger partial charge in [0.15, 0.2) is 0 Å². The highest BCUT2D eigenvalue weighted by molar-refractivity contribution is 7.47. The van der Waals surface area contributed by atoms with E-state index in [0.717, 1.165) is 51.4 Å². The molecule has 6 atom stereocenters. The largest absolute Gasteiger partial charge is 0.472 e. The van der Waals surface area contributed by atoms with E-state index in [4.69, 9.17) is 18.5 Å². The Labute approximate surface area is 331 Å². The van der Waals surface area contributed by atoms with Crippen molar-refractivity contribution >= 4 is 13.8 Å². The molecule has 0 amide bonds. The lowest BCUT2D eigenvalue weighted by molar-refractivity contribution is -0.220. The van der Waals surface area contributed by atoms with Gasteiger partial charge in [0.05, 0.1) is 13.2 Å². The van der Waals surface area contributed by atoms with E-state index >= 15 is 0 Å². The van der Waals surface area contributed by atoms with Crippen LogP contribution in [0, 0.1) is 0 Å². The number of phosphoric ester groups is 1. The minimum Gasteiger partial charge on any atom is -0.457 e. The average molecular weight is 803 g/mol. The predicted molar refractivity (Wildman–Crippen MR) is 216 cm³/mol. The number of allylic oxidation sites excluding steroid dienone is 8. The second kappa shape index (κ2) is 33.3. The van der Waals surface area contributed by atoms with Crippen molar-refractivity contribution in [1.82, 2.24) is 0 Å². The van der Waals surface area contributed by atoms with Crippen LogP contribution in [0.3, 0.4) is 0 Å². The van der Waals surface area contributed by atoms with Crippen LogP contribution in [0.4, 0.5) is 0 Å². The number of esters is 1. The van der Waals surface area contributed by atoms with Crippen LogP contribution in [0.25, 0.3) is 0 Å². The first-order valence-corrected chi connectivity index (χ1v) is 22.5. The van der Waals surface area contributed by atoms with Crippen LogP contribution in [0.15, 0.2) is 48.6 Å². The van der Waals surface area contributed by atoms with Crippen LogP contribution >= 0.6 is 7.82 Å². The number of rotatable bonds is 34. The molecule has 0 bridgehead atoms. The average Bonchev–Trinajstić information content (AvgIpc) is 3.17. The van der Waals surface area contributed by atoms with Crippen molar-refractivity contribution in [2.24, 2.45) is 0 Å². The Balaban J connectivity index is 2.48. The second-order valence-electron chi connectivity index (χ2n) is 14.5. The lowest BCUT2D eigenvalue weighted by Crippen LogP contribution is -2.64. The summed E-state index contributed by atoms with van der Waals surface area (Å²) in [5.41, 5.74) is 0. The summed E-state index contributed by atoms with van der Waals surface area (Å²) in [7, 11) is -5.03. The van der Waals surface area contributed by atoms with Crippen LogP contribution in [0.2, 0.25) is 0 Å². The Morgan fingerprint density at radius 3 is 1.56 bits per heavy atom. The Morgan fingerprint density at radius 2 is 1.05 bits per heavy atom. The third kappa shape index (κ3) is 26.0. The number of ether oxygens (including phenoxy) is 2. The van der Waals surface area contributed by atoms with Crippen molar-refractivity contribution in [3.05, 3.63) is 48.6 Å². The maximum Gasteiger partial charge on any atom is 0.472 e. The fraction of sp³-hybridized carbons (Fsp3) is 0.786. The van der Waals surface area contributed by atoms with Gasteiger partial charge in [0, 0.05) is 13.0 Å². The molecule has 1 fully saturated rings. The summed E-state index contributed by atoms with van der Waals surface area (Å²) in [6, 6.07) is 0. The number of aliphatic hydroxyl groups excluding tert-OH is 5. The van der Waals surface area contributed by atoms with E-state index in [1.54, 1.807) is 0 Å². The van der Waals surface area contributed by atoms with Crippen LogP contribution in [0.5, 0.6) is 0 Å². The third-order valence-corrected chi connectivity index (χ3v) is 10.5. The lowest BCUT2D eigenvalue weighted by Gasteiger charge is -2.41. The number of hydrogen-bond donors (Lipinski definition) is 6. The number of phosphoric acid groups is 1. The molecule has 0 aromatic rings. The smallest absolute Gasteiger partial charge is 0.457 e. The summed E-state index contributed by atoms with van der Waals surface area (Å²) in [6.45, 7) is 3.99. The molecule has 6 unspecified atom stereocenters. The minimum atomic E-state index is -5.03. The van der Waals surface area contributed by atoms with Gasteiger partial charge in [-0.15, -0.1) is 0 Å². The summed E-state index contributed by atoms with van der Waals surface area (Å²) in [5, 5.41) is 50.0. The SMILES string of the molecule is CC/C=C\C/C=C\C/C=C\C/C=C\CCCOCC(COP(=O)(O)OC1C(O)C(O)C(O)C(O)C1O)OC(=O)CCCCCCCCCCCCCCCC. The molecule has 0 aromatic heterocycles. The molecule has 55 heavy (non-hydrogen) atoms. The third-order valence-electron chi connectivity index (χ3n) is 9.47. The quantitative estimate of drug-likeness (QED) is 0.0161. The van der Waals surface area contributed by atoms with E-state index in [1.807, 2.05) is 0 Å². The van der Waals surface area contributed by atoms with Crippen molar-refractivity contribution in [2.75, 3.05) is 19.8 Å². The van der Waals surface area contributed by atoms with Gasteiger partial charge in [-0.1, -0.05) is 146 Å². The second-order valence-corrected chi connectivity index (χ2v) is 15.9. The highest BCUT2D eigenvalue weighted by atomic mass is 31.2. The zero-order chi connectivity index (χ0) is 40.6. The van der Waals surface area contributed by atoms with Gasteiger partial charge in [-0.05, 0) is 44.9 Å². The van der Waals surface area contributed by atoms with Gasteiger partial charge >= 0.3 is 13.8 Å². The Bertz CT molecular complexity index is 1100. The summed E-state index contributed by atoms with van der Waals surface area (Å²) in [6.07, 6.45) is 26.3. The molecule has 0 spiro atoms. The Kier molecular flexibility index (Phi) is 31.1. The molecule has 1 aliphatic carbocycles. The fourth-order valence-corrected chi connectivity index (χ4v) is 7.10. The summed E-state index contributed by atoms with van der Waals surface area (Å²) >= 11 is 0. The maximum atomic E-state index is 12.8. The predicted octanol–water partition coefficient (Wildman–Crippen LogP) is 7.69.